The van der Waals surface area contributed by atoms with Crippen LogP contribution < -0.4 is 5.32 Å². The van der Waals surface area contributed by atoms with Gasteiger partial charge in [-0.15, -0.1) is 11.8 Å². The van der Waals surface area contributed by atoms with E-state index in [9.17, 15) is 0 Å². The Morgan fingerprint density at radius 1 is 1.33 bits per heavy atom. The fourth-order valence-corrected chi connectivity index (χ4v) is 2.93. The molecule has 1 aromatic carbocycles. The Labute approximate surface area is 114 Å². The van der Waals surface area contributed by atoms with E-state index in [2.05, 4.69) is 42.8 Å². The summed E-state index contributed by atoms with van der Waals surface area (Å²) in [5, 5.41) is 3.56. The van der Waals surface area contributed by atoms with Crippen molar-refractivity contribution in [2.75, 3.05) is 19.4 Å². The van der Waals surface area contributed by atoms with E-state index in [0.717, 1.165) is 26.1 Å². The van der Waals surface area contributed by atoms with Crippen LogP contribution in [0.25, 0.3) is 0 Å². The van der Waals surface area contributed by atoms with Crippen LogP contribution in [-0.2, 0) is 11.3 Å². The predicted molar refractivity (Wildman–Crippen MR) is 78.1 cm³/mol. The highest BCUT2D eigenvalue weighted by molar-refractivity contribution is 7.98. The molecule has 0 radical (unpaired) electrons. The summed E-state index contributed by atoms with van der Waals surface area (Å²) < 4.78 is 5.71. The van der Waals surface area contributed by atoms with E-state index in [1.807, 2.05) is 0 Å². The first-order valence-corrected chi connectivity index (χ1v) is 8.01. The summed E-state index contributed by atoms with van der Waals surface area (Å²) in [5.74, 6) is 0.695. The van der Waals surface area contributed by atoms with Crippen molar-refractivity contribution in [3.8, 4) is 0 Å². The molecule has 2 atom stereocenters. The monoisotopic (exact) mass is 265 g/mol. The number of hydrogen-bond acceptors (Lipinski definition) is 3. The van der Waals surface area contributed by atoms with Crippen LogP contribution in [0.3, 0.4) is 0 Å². The molecular formula is C15H23NOS. The second kappa shape index (κ2) is 7.17. The number of benzene rings is 1. The Balaban J connectivity index is 1.74. The van der Waals surface area contributed by atoms with Crippen LogP contribution in [0.2, 0.25) is 0 Å². The minimum atomic E-state index is 0.469. The topological polar surface area (TPSA) is 21.3 Å². The molecule has 0 saturated carbocycles. The highest BCUT2D eigenvalue weighted by Gasteiger charge is 2.25. The molecule has 18 heavy (non-hydrogen) atoms. The molecule has 1 saturated heterocycles. The van der Waals surface area contributed by atoms with Gasteiger partial charge in [-0.3, -0.25) is 0 Å². The van der Waals surface area contributed by atoms with E-state index in [-0.39, 0.29) is 0 Å². The smallest absolute Gasteiger partial charge is 0.0613 e. The maximum absolute atomic E-state index is 5.71. The maximum Gasteiger partial charge on any atom is 0.0613 e. The molecular weight excluding hydrogens is 242 g/mol. The molecule has 2 nitrogen and oxygen atoms in total. The highest BCUT2D eigenvalue weighted by atomic mass is 32.2. The maximum atomic E-state index is 5.71. The number of hydrogen-bond donors (Lipinski definition) is 1. The van der Waals surface area contributed by atoms with Gasteiger partial charge in [0.2, 0.25) is 0 Å². The quantitative estimate of drug-likeness (QED) is 0.797. The standard InChI is InChI=1S/C15H23NOS/c1-3-15-13(8-9-17-15)11-16-10-12-4-6-14(18-2)7-5-12/h4-7,13,15-16H,3,8-11H2,1-2H3. The number of thioether (sulfide) groups is 1. The van der Waals surface area contributed by atoms with Gasteiger partial charge < -0.3 is 10.1 Å². The third-order valence-corrected chi connectivity index (χ3v) is 4.39. The largest absolute Gasteiger partial charge is 0.378 e. The molecule has 2 unspecified atom stereocenters. The van der Waals surface area contributed by atoms with Gasteiger partial charge in [0.05, 0.1) is 6.10 Å². The summed E-state index contributed by atoms with van der Waals surface area (Å²) in [5.41, 5.74) is 1.36. The third kappa shape index (κ3) is 3.74. The average Bonchev–Trinajstić information content (AvgIpc) is 2.87. The fourth-order valence-electron chi connectivity index (χ4n) is 2.52. The van der Waals surface area contributed by atoms with Gasteiger partial charge in [-0.2, -0.15) is 0 Å². The Hall–Kier alpha value is -0.510. The van der Waals surface area contributed by atoms with Gasteiger partial charge in [-0.1, -0.05) is 19.1 Å². The van der Waals surface area contributed by atoms with Crippen LogP contribution in [-0.4, -0.2) is 25.5 Å². The molecule has 100 valence electrons. The summed E-state index contributed by atoms with van der Waals surface area (Å²) >= 11 is 1.79. The molecule has 1 fully saturated rings. The fraction of sp³-hybridized carbons (Fsp3) is 0.600. The summed E-state index contributed by atoms with van der Waals surface area (Å²) in [4.78, 5) is 1.33. The number of nitrogens with one attached hydrogen (secondary N) is 1. The van der Waals surface area contributed by atoms with Crippen molar-refractivity contribution in [3.63, 3.8) is 0 Å². The second-order valence-electron chi connectivity index (χ2n) is 4.85. The van der Waals surface area contributed by atoms with Gasteiger partial charge in [0.25, 0.3) is 0 Å². The SMILES string of the molecule is CCC1OCCC1CNCc1ccc(SC)cc1. The molecule has 1 aliphatic rings. The van der Waals surface area contributed by atoms with Crippen LogP contribution in [0.4, 0.5) is 0 Å². The number of ether oxygens (including phenoxy) is 1. The lowest BCUT2D eigenvalue weighted by Gasteiger charge is -2.17. The molecule has 0 bridgehead atoms. The van der Waals surface area contributed by atoms with Crippen molar-refractivity contribution in [1.29, 1.82) is 0 Å². The van der Waals surface area contributed by atoms with Gasteiger partial charge in [0.15, 0.2) is 0 Å². The van der Waals surface area contributed by atoms with Crippen LogP contribution in [0.5, 0.6) is 0 Å². The molecule has 0 aromatic heterocycles. The van der Waals surface area contributed by atoms with E-state index in [4.69, 9.17) is 4.74 Å². The molecule has 2 rings (SSSR count). The molecule has 3 heteroatoms. The first-order chi connectivity index (χ1) is 8.83. The van der Waals surface area contributed by atoms with Crippen molar-refractivity contribution in [2.24, 2.45) is 5.92 Å². The van der Waals surface area contributed by atoms with Gasteiger partial charge in [0, 0.05) is 24.6 Å². The van der Waals surface area contributed by atoms with Crippen molar-refractivity contribution in [1.82, 2.24) is 5.32 Å². The molecule has 1 N–H and O–H groups in total. The first-order valence-electron chi connectivity index (χ1n) is 6.78. The second-order valence-corrected chi connectivity index (χ2v) is 5.72. The van der Waals surface area contributed by atoms with Crippen molar-refractivity contribution < 1.29 is 4.74 Å². The van der Waals surface area contributed by atoms with Crippen LogP contribution in [0, 0.1) is 5.92 Å². The van der Waals surface area contributed by atoms with Gasteiger partial charge >= 0.3 is 0 Å². The predicted octanol–water partition coefficient (Wildman–Crippen LogP) is 3.31. The van der Waals surface area contributed by atoms with Crippen molar-refractivity contribution in [2.45, 2.75) is 37.3 Å². The Morgan fingerprint density at radius 3 is 2.78 bits per heavy atom. The Bertz CT molecular complexity index is 352. The summed E-state index contributed by atoms with van der Waals surface area (Å²) in [7, 11) is 0. The first kappa shape index (κ1) is 13.9. The molecule has 0 aliphatic carbocycles. The molecule has 1 heterocycles. The normalized spacial score (nSPS) is 23.4. The Morgan fingerprint density at radius 2 is 2.11 bits per heavy atom. The minimum Gasteiger partial charge on any atom is -0.378 e. The van der Waals surface area contributed by atoms with Crippen molar-refractivity contribution >= 4 is 11.8 Å². The third-order valence-electron chi connectivity index (χ3n) is 3.64. The van der Waals surface area contributed by atoms with Crippen molar-refractivity contribution in [3.05, 3.63) is 29.8 Å². The summed E-state index contributed by atoms with van der Waals surface area (Å²) in [6, 6.07) is 8.80. The molecule has 0 spiro atoms. The van der Waals surface area contributed by atoms with Crippen LogP contribution >= 0.6 is 11.8 Å². The zero-order valence-corrected chi connectivity index (χ0v) is 12.1. The van der Waals surface area contributed by atoms with Gasteiger partial charge in [0.1, 0.15) is 0 Å². The zero-order valence-electron chi connectivity index (χ0n) is 11.3. The van der Waals surface area contributed by atoms with Crippen LogP contribution in [0.1, 0.15) is 25.3 Å². The van der Waals surface area contributed by atoms with Crippen LogP contribution in [0.15, 0.2) is 29.2 Å². The minimum absolute atomic E-state index is 0.469. The van der Waals surface area contributed by atoms with E-state index in [1.165, 1.54) is 16.9 Å². The molecule has 1 aliphatic heterocycles. The molecule has 0 amide bonds. The lowest BCUT2D eigenvalue weighted by molar-refractivity contribution is 0.0872. The summed E-state index contributed by atoms with van der Waals surface area (Å²) in [6.45, 7) is 5.18. The highest BCUT2D eigenvalue weighted by Crippen LogP contribution is 2.22. The van der Waals surface area contributed by atoms with E-state index in [1.54, 1.807) is 11.8 Å². The van der Waals surface area contributed by atoms with E-state index < -0.39 is 0 Å². The summed E-state index contributed by atoms with van der Waals surface area (Å²) in [6.07, 6.45) is 4.92. The Kier molecular flexibility index (Phi) is 5.54. The van der Waals surface area contributed by atoms with E-state index in [0.29, 0.717) is 12.0 Å². The number of rotatable bonds is 6. The van der Waals surface area contributed by atoms with Gasteiger partial charge in [-0.05, 0) is 42.7 Å². The zero-order chi connectivity index (χ0) is 12.8. The van der Waals surface area contributed by atoms with E-state index >= 15 is 0 Å². The van der Waals surface area contributed by atoms with Gasteiger partial charge in [-0.25, -0.2) is 0 Å². The average molecular weight is 265 g/mol. The lowest BCUT2D eigenvalue weighted by atomic mass is 9.99. The lowest BCUT2D eigenvalue weighted by Crippen LogP contribution is -2.27. The molecule has 1 aromatic rings.